The van der Waals surface area contributed by atoms with E-state index in [1.165, 1.54) is 0 Å². The Labute approximate surface area is 60.5 Å². The lowest BCUT2D eigenvalue weighted by Crippen LogP contribution is -2.26. The molecule has 0 amide bonds. The summed E-state index contributed by atoms with van der Waals surface area (Å²) in [5.74, 6) is 0. The lowest BCUT2D eigenvalue weighted by Gasteiger charge is -2.25. The van der Waals surface area contributed by atoms with E-state index in [1.807, 2.05) is 0 Å². The van der Waals surface area contributed by atoms with E-state index in [4.69, 9.17) is 5.11 Å². The van der Waals surface area contributed by atoms with E-state index in [-0.39, 0.29) is 0 Å². The van der Waals surface area contributed by atoms with Gasteiger partial charge in [0.15, 0.2) is 0 Å². The number of aliphatic hydroxyl groups is 2. The molecule has 2 N–H and O–H groups in total. The zero-order valence-corrected chi connectivity index (χ0v) is 5.88. The molecule has 1 aliphatic carbocycles. The second-order valence-corrected chi connectivity index (χ2v) is 2.74. The predicted molar refractivity (Wildman–Crippen MR) is 39.5 cm³/mol. The van der Waals surface area contributed by atoms with E-state index < -0.39 is 12.2 Å². The minimum Gasteiger partial charge on any atom is -0.393 e. The maximum absolute atomic E-state index is 9.20. The van der Waals surface area contributed by atoms with Gasteiger partial charge in [0.1, 0.15) is 0 Å². The monoisotopic (exact) mass is 140 g/mol. The van der Waals surface area contributed by atoms with Crippen molar-refractivity contribution in [1.82, 2.24) is 0 Å². The third kappa shape index (κ3) is 1.28. The molecule has 1 rings (SSSR count). The van der Waals surface area contributed by atoms with Gasteiger partial charge in [-0.05, 0) is 17.6 Å². The van der Waals surface area contributed by atoms with Crippen molar-refractivity contribution in [2.24, 2.45) is 0 Å². The van der Waals surface area contributed by atoms with Crippen LogP contribution in [0.3, 0.4) is 0 Å². The lowest BCUT2D eigenvalue weighted by atomic mass is 9.87. The van der Waals surface area contributed by atoms with Crippen LogP contribution in [-0.2, 0) is 0 Å². The molecule has 2 heteroatoms. The highest BCUT2D eigenvalue weighted by Crippen LogP contribution is 2.26. The van der Waals surface area contributed by atoms with Crippen molar-refractivity contribution >= 4 is 0 Å². The fourth-order valence-electron chi connectivity index (χ4n) is 1.13. The zero-order chi connectivity index (χ0) is 7.72. The van der Waals surface area contributed by atoms with Crippen LogP contribution in [0.4, 0.5) is 0 Å². The summed E-state index contributed by atoms with van der Waals surface area (Å²) in [5.41, 5.74) is 1.44. The van der Waals surface area contributed by atoms with Crippen LogP contribution in [0.15, 0.2) is 24.3 Å². The summed E-state index contributed by atoms with van der Waals surface area (Å²) < 4.78 is 0. The van der Waals surface area contributed by atoms with Crippen molar-refractivity contribution < 1.29 is 10.2 Å². The van der Waals surface area contributed by atoms with Crippen LogP contribution in [0.2, 0.25) is 0 Å². The first-order valence-electron chi connectivity index (χ1n) is 3.34. The first-order valence-corrected chi connectivity index (χ1v) is 3.34. The Bertz CT molecular complexity index is 172. The Morgan fingerprint density at radius 3 is 2.40 bits per heavy atom. The maximum Gasteiger partial charge on any atom is 0.0811 e. The molecule has 10 heavy (non-hydrogen) atoms. The average molecular weight is 140 g/mol. The highest BCUT2D eigenvalue weighted by Gasteiger charge is 2.23. The summed E-state index contributed by atoms with van der Waals surface area (Å²) in [6.45, 7) is 7.33. The molecule has 2 nitrogen and oxygen atoms in total. The summed E-state index contributed by atoms with van der Waals surface area (Å²) in [5, 5.41) is 18.3. The van der Waals surface area contributed by atoms with E-state index in [1.54, 1.807) is 0 Å². The average Bonchev–Trinajstić information content (AvgIpc) is 1.82. The van der Waals surface area contributed by atoms with Crippen LogP contribution in [0, 0.1) is 0 Å². The second kappa shape index (κ2) is 2.56. The minimum atomic E-state index is -0.587. The number of hydrogen-bond donors (Lipinski definition) is 2. The molecule has 0 heterocycles. The number of aliphatic hydroxyl groups excluding tert-OH is 2. The Morgan fingerprint density at radius 2 is 1.90 bits per heavy atom. The molecule has 0 aliphatic heterocycles. The van der Waals surface area contributed by atoms with Gasteiger partial charge >= 0.3 is 0 Å². The smallest absolute Gasteiger partial charge is 0.0811 e. The molecule has 1 fully saturated rings. The van der Waals surface area contributed by atoms with E-state index in [0.29, 0.717) is 18.4 Å². The molecule has 0 radical (unpaired) electrons. The largest absolute Gasteiger partial charge is 0.393 e. The van der Waals surface area contributed by atoms with Crippen LogP contribution in [0.5, 0.6) is 0 Å². The van der Waals surface area contributed by atoms with Gasteiger partial charge in [-0.1, -0.05) is 13.2 Å². The van der Waals surface area contributed by atoms with E-state index in [2.05, 4.69) is 13.2 Å². The zero-order valence-electron chi connectivity index (χ0n) is 5.88. The summed E-state index contributed by atoms with van der Waals surface area (Å²) in [7, 11) is 0. The molecule has 0 bridgehead atoms. The summed E-state index contributed by atoms with van der Waals surface area (Å²) in [6, 6.07) is 0. The van der Waals surface area contributed by atoms with Gasteiger partial charge < -0.3 is 10.2 Å². The normalized spacial score (nSPS) is 34.6. The van der Waals surface area contributed by atoms with E-state index >= 15 is 0 Å². The quantitative estimate of drug-likeness (QED) is 0.517. The van der Waals surface area contributed by atoms with Gasteiger partial charge in [0, 0.05) is 6.42 Å². The SMILES string of the molecule is C=C1CC(O)CC(O)C1=C. The molecule has 2 atom stereocenters. The first-order chi connectivity index (χ1) is 4.61. The van der Waals surface area contributed by atoms with Gasteiger partial charge in [-0.2, -0.15) is 0 Å². The molecule has 0 aromatic rings. The van der Waals surface area contributed by atoms with Gasteiger partial charge in [0.05, 0.1) is 12.2 Å². The number of rotatable bonds is 0. The molecule has 0 aromatic carbocycles. The first kappa shape index (κ1) is 7.51. The molecular weight excluding hydrogens is 128 g/mol. The summed E-state index contributed by atoms with van der Waals surface area (Å²) in [4.78, 5) is 0. The maximum atomic E-state index is 9.20. The molecule has 1 saturated carbocycles. The van der Waals surface area contributed by atoms with Crippen molar-refractivity contribution in [2.75, 3.05) is 0 Å². The highest BCUT2D eigenvalue weighted by molar-refractivity contribution is 5.31. The standard InChI is InChI=1S/C8H12O2/c1-5-3-7(9)4-8(10)6(5)2/h7-10H,1-4H2. The van der Waals surface area contributed by atoms with Crippen LogP contribution in [-0.4, -0.2) is 22.4 Å². The van der Waals surface area contributed by atoms with Crippen LogP contribution in [0.25, 0.3) is 0 Å². The predicted octanol–water partition coefficient (Wildman–Crippen LogP) is 0.614. The third-order valence-corrected chi connectivity index (χ3v) is 1.83. The summed E-state index contributed by atoms with van der Waals surface area (Å²) >= 11 is 0. The van der Waals surface area contributed by atoms with Crippen LogP contribution >= 0.6 is 0 Å². The van der Waals surface area contributed by atoms with Crippen LogP contribution < -0.4 is 0 Å². The molecular formula is C8H12O2. The van der Waals surface area contributed by atoms with Gasteiger partial charge in [0.25, 0.3) is 0 Å². The molecule has 0 aromatic heterocycles. The minimum absolute atomic E-state index is 0.401. The molecule has 0 spiro atoms. The van der Waals surface area contributed by atoms with Crippen molar-refractivity contribution in [2.45, 2.75) is 25.0 Å². The Kier molecular flexibility index (Phi) is 1.92. The van der Waals surface area contributed by atoms with Gasteiger partial charge in [-0.3, -0.25) is 0 Å². The fraction of sp³-hybridized carbons (Fsp3) is 0.500. The second-order valence-electron chi connectivity index (χ2n) is 2.74. The van der Waals surface area contributed by atoms with Crippen molar-refractivity contribution in [1.29, 1.82) is 0 Å². The van der Waals surface area contributed by atoms with Crippen molar-refractivity contribution in [3.8, 4) is 0 Å². The molecule has 2 unspecified atom stereocenters. The van der Waals surface area contributed by atoms with Gasteiger partial charge in [0.2, 0.25) is 0 Å². The Balaban J connectivity index is 2.66. The third-order valence-electron chi connectivity index (χ3n) is 1.83. The van der Waals surface area contributed by atoms with Crippen molar-refractivity contribution in [3.63, 3.8) is 0 Å². The summed E-state index contributed by atoms with van der Waals surface area (Å²) in [6.07, 6.45) is -0.0717. The van der Waals surface area contributed by atoms with Gasteiger partial charge in [-0.25, -0.2) is 0 Å². The topological polar surface area (TPSA) is 40.5 Å². The molecule has 1 aliphatic rings. The molecule has 0 saturated heterocycles. The van der Waals surface area contributed by atoms with E-state index in [0.717, 1.165) is 5.57 Å². The van der Waals surface area contributed by atoms with E-state index in [9.17, 15) is 5.11 Å². The lowest BCUT2D eigenvalue weighted by molar-refractivity contribution is 0.0864. The Morgan fingerprint density at radius 1 is 1.30 bits per heavy atom. The van der Waals surface area contributed by atoms with Crippen molar-refractivity contribution in [3.05, 3.63) is 24.3 Å². The number of hydrogen-bond acceptors (Lipinski definition) is 2. The van der Waals surface area contributed by atoms with Gasteiger partial charge in [-0.15, -0.1) is 0 Å². The highest BCUT2D eigenvalue weighted by atomic mass is 16.3. The molecule has 56 valence electrons. The fourth-order valence-corrected chi connectivity index (χ4v) is 1.13. The Hall–Kier alpha value is -0.600. The van der Waals surface area contributed by atoms with Crippen LogP contribution in [0.1, 0.15) is 12.8 Å².